The van der Waals surface area contributed by atoms with E-state index in [0.29, 0.717) is 0 Å². The molecular weight excluding hydrogens is 473 g/mol. The molecule has 178 valence electrons. The molecule has 0 amide bonds. The molecule has 0 radical (unpaired) electrons. The van der Waals surface area contributed by atoms with E-state index < -0.39 is 18.4 Å². The molecule has 0 aromatic heterocycles. The summed E-state index contributed by atoms with van der Waals surface area (Å²) < 4.78 is 12.5. The van der Waals surface area contributed by atoms with Crippen molar-refractivity contribution in [3.8, 4) is 0 Å². The zero-order valence-electron chi connectivity index (χ0n) is 21.3. The molecule has 0 atom stereocenters. The van der Waals surface area contributed by atoms with Crippen molar-refractivity contribution in [1.82, 2.24) is 4.90 Å². The van der Waals surface area contributed by atoms with Crippen molar-refractivity contribution in [3.63, 3.8) is 0 Å². The van der Waals surface area contributed by atoms with Crippen LogP contribution in [0.3, 0.4) is 0 Å². The van der Waals surface area contributed by atoms with Gasteiger partial charge in [0.15, 0.2) is 0 Å². The topological polar surface area (TPSA) is 12.5 Å². The fourth-order valence-corrected chi connectivity index (χ4v) is 22.5. The van der Waals surface area contributed by atoms with Crippen LogP contribution in [0, 0.1) is 0 Å². The number of ether oxygens (including phenoxy) is 1. The molecule has 0 saturated carbocycles. The monoisotopic (exact) mass is 529 g/mol. The maximum atomic E-state index is 5.50. The average molecular weight is 528 g/mol. The fourth-order valence-electron chi connectivity index (χ4n) is 5.13. The Hall–Kier alpha value is 0.459. The summed E-state index contributed by atoms with van der Waals surface area (Å²) in [5.41, 5.74) is 0. The van der Waals surface area contributed by atoms with E-state index in [2.05, 4.69) is 42.3 Å². The second kappa shape index (κ2) is 19.0. The molecule has 1 aliphatic rings. The average Bonchev–Trinajstić information content (AvgIpc) is 2.78. The van der Waals surface area contributed by atoms with E-state index in [4.69, 9.17) is 4.74 Å². The first-order valence-corrected chi connectivity index (χ1v) is 21.2. The van der Waals surface area contributed by atoms with Crippen LogP contribution in [0.4, 0.5) is 0 Å². The molecule has 2 nitrogen and oxygen atoms in total. The first kappa shape index (κ1) is 28.5. The Morgan fingerprint density at radius 2 is 1.30 bits per heavy atom. The van der Waals surface area contributed by atoms with Crippen molar-refractivity contribution in [1.29, 1.82) is 0 Å². The second-order valence-electron chi connectivity index (χ2n) is 9.73. The van der Waals surface area contributed by atoms with Gasteiger partial charge in [-0.1, -0.05) is 0 Å². The van der Waals surface area contributed by atoms with Crippen LogP contribution in [0.5, 0.6) is 0 Å². The van der Waals surface area contributed by atoms with E-state index in [0.717, 1.165) is 26.3 Å². The van der Waals surface area contributed by atoms with E-state index in [1.165, 1.54) is 90.0 Å². The van der Waals surface area contributed by atoms with Crippen molar-refractivity contribution in [2.45, 2.75) is 124 Å². The van der Waals surface area contributed by atoms with Crippen LogP contribution < -0.4 is 0 Å². The summed E-state index contributed by atoms with van der Waals surface area (Å²) in [6.45, 7) is 15.0. The van der Waals surface area contributed by atoms with Crippen LogP contribution in [0.15, 0.2) is 9.67 Å². The Kier molecular flexibility index (Phi) is 18.0. The Labute approximate surface area is 194 Å². The summed E-state index contributed by atoms with van der Waals surface area (Å²) in [6, 6.07) is 0. The second-order valence-corrected chi connectivity index (χ2v) is 23.1. The van der Waals surface area contributed by atoms with Gasteiger partial charge in [0.05, 0.1) is 0 Å². The maximum absolute atomic E-state index is 5.50. The van der Waals surface area contributed by atoms with Crippen molar-refractivity contribution < 1.29 is 4.74 Å². The van der Waals surface area contributed by atoms with E-state index in [9.17, 15) is 0 Å². The third-order valence-corrected chi connectivity index (χ3v) is 23.6. The molecule has 1 fully saturated rings. The summed E-state index contributed by atoms with van der Waals surface area (Å²) in [6.07, 6.45) is 21.2. The van der Waals surface area contributed by atoms with E-state index in [-0.39, 0.29) is 0 Å². The van der Waals surface area contributed by atoms with Gasteiger partial charge in [0.2, 0.25) is 0 Å². The molecule has 0 bridgehead atoms. The van der Waals surface area contributed by atoms with Gasteiger partial charge in [0.25, 0.3) is 0 Å². The zero-order valence-corrected chi connectivity index (χ0v) is 24.1. The molecule has 0 aromatic carbocycles. The molecule has 0 aliphatic carbocycles. The molecule has 1 heterocycles. The van der Waals surface area contributed by atoms with Gasteiger partial charge in [-0.05, 0) is 0 Å². The Balaban J connectivity index is 2.79. The standard InChI is InChI=1S/C15H28NO.3C4H9.Sn/c1-2-3-4-5-6-7-8-9-10-11-16-12-14-17-15-13-16;3*1-3-4-2;/h7H,2-5,8-15H2,1H3;3*1,3-4H2,2H3;. The number of unbranched alkanes of at least 4 members (excludes halogenated alkanes) is 7. The Bertz CT molecular complexity index is 395. The van der Waals surface area contributed by atoms with E-state index >= 15 is 0 Å². The van der Waals surface area contributed by atoms with Crippen LogP contribution in [0.25, 0.3) is 0 Å². The van der Waals surface area contributed by atoms with E-state index in [1.54, 1.807) is 13.3 Å². The van der Waals surface area contributed by atoms with Gasteiger partial charge in [-0.3, -0.25) is 0 Å². The van der Waals surface area contributed by atoms with Crippen LogP contribution >= 0.6 is 0 Å². The van der Waals surface area contributed by atoms with Gasteiger partial charge >= 0.3 is 195 Å². The number of nitrogens with zero attached hydrogens (tertiary/aromatic N) is 1. The number of hydrogen-bond donors (Lipinski definition) is 0. The number of rotatable bonds is 19. The van der Waals surface area contributed by atoms with Gasteiger partial charge in [0, 0.05) is 0 Å². The zero-order chi connectivity index (χ0) is 21.9. The molecule has 0 unspecified atom stereocenters. The van der Waals surface area contributed by atoms with Gasteiger partial charge in [-0.2, -0.15) is 0 Å². The van der Waals surface area contributed by atoms with Gasteiger partial charge in [-0.25, -0.2) is 0 Å². The SMILES string of the molecule is CCCCC/[C](=C\CCCCN1CCOCC1)[Sn]([CH2]CCC)([CH2]CCC)[CH2]CCC. The number of morpholine rings is 1. The third kappa shape index (κ3) is 11.9. The summed E-state index contributed by atoms with van der Waals surface area (Å²) in [5.74, 6) is 0. The van der Waals surface area contributed by atoms with Crippen LogP contribution in [-0.2, 0) is 4.74 Å². The fraction of sp³-hybridized carbons (Fsp3) is 0.926. The number of hydrogen-bond acceptors (Lipinski definition) is 2. The van der Waals surface area contributed by atoms with E-state index in [1.807, 2.05) is 0 Å². The molecule has 0 N–H and O–H groups in total. The summed E-state index contributed by atoms with van der Waals surface area (Å²) in [5, 5.41) is 0. The molecule has 3 heteroatoms. The predicted octanol–water partition coefficient (Wildman–Crippen LogP) is 8.38. The quantitative estimate of drug-likeness (QED) is 0.123. The minimum atomic E-state index is -2.22. The summed E-state index contributed by atoms with van der Waals surface area (Å²) in [7, 11) is 0. The molecule has 1 saturated heterocycles. The van der Waals surface area contributed by atoms with Crippen molar-refractivity contribution in [2.75, 3.05) is 32.8 Å². The first-order valence-electron chi connectivity index (χ1n) is 13.7. The Morgan fingerprint density at radius 1 is 0.733 bits per heavy atom. The van der Waals surface area contributed by atoms with Gasteiger partial charge in [0.1, 0.15) is 0 Å². The molecule has 0 spiro atoms. The number of allylic oxidation sites excluding steroid dienone is 2. The van der Waals surface area contributed by atoms with Crippen LogP contribution in [0.1, 0.15) is 111 Å². The third-order valence-electron chi connectivity index (χ3n) is 7.18. The molecular formula is C27H55NOSn. The van der Waals surface area contributed by atoms with Crippen molar-refractivity contribution in [2.24, 2.45) is 0 Å². The van der Waals surface area contributed by atoms with Gasteiger partial charge in [-0.15, -0.1) is 0 Å². The Morgan fingerprint density at radius 3 is 1.83 bits per heavy atom. The normalized spacial score (nSPS) is 16.3. The molecule has 30 heavy (non-hydrogen) atoms. The molecule has 1 aliphatic heterocycles. The van der Waals surface area contributed by atoms with Crippen LogP contribution in [-0.4, -0.2) is 56.1 Å². The van der Waals surface area contributed by atoms with Gasteiger partial charge < -0.3 is 0 Å². The molecule has 1 rings (SSSR count). The van der Waals surface area contributed by atoms with Crippen LogP contribution in [0.2, 0.25) is 13.3 Å². The summed E-state index contributed by atoms with van der Waals surface area (Å²) >= 11 is -2.22. The minimum absolute atomic E-state index is 0.935. The summed E-state index contributed by atoms with van der Waals surface area (Å²) in [4.78, 5) is 2.60. The van der Waals surface area contributed by atoms with Crippen molar-refractivity contribution >= 4 is 18.4 Å². The first-order chi connectivity index (χ1) is 14.7. The van der Waals surface area contributed by atoms with Crippen molar-refractivity contribution in [3.05, 3.63) is 9.67 Å². The molecule has 0 aromatic rings. The predicted molar refractivity (Wildman–Crippen MR) is 138 cm³/mol.